The maximum absolute atomic E-state index is 12.0. The van der Waals surface area contributed by atoms with E-state index in [0.29, 0.717) is 6.54 Å². The number of urea groups is 1. The van der Waals surface area contributed by atoms with Gasteiger partial charge in [0.05, 0.1) is 5.69 Å². The fourth-order valence-corrected chi connectivity index (χ4v) is 2.87. The summed E-state index contributed by atoms with van der Waals surface area (Å²) >= 11 is 0. The molecule has 114 valence electrons. The number of carbonyl (C=O) groups excluding carboxylic acids is 1. The Bertz CT molecular complexity index is 688. The first-order chi connectivity index (χ1) is 10.8. The van der Waals surface area contributed by atoms with Gasteiger partial charge in [0.1, 0.15) is 0 Å². The van der Waals surface area contributed by atoms with Crippen LogP contribution in [0.3, 0.4) is 0 Å². The fraction of sp³-hybridized carbons (Fsp3) is 0.333. The lowest BCUT2D eigenvalue weighted by Crippen LogP contribution is -2.29. The molecule has 1 aliphatic rings. The number of fused-ring (bicyclic) bond motifs is 1. The Morgan fingerprint density at radius 1 is 1.23 bits per heavy atom. The Morgan fingerprint density at radius 3 is 3.05 bits per heavy atom. The molecule has 0 saturated carbocycles. The van der Waals surface area contributed by atoms with Gasteiger partial charge >= 0.3 is 6.03 Å². The first-order valence-corrected chi connectivity index (χ1v) is 7.88. The summed E-state index contributed by atoms with van der Waals surface area (Å²) in [7, 11) is 0. The van der Waals surface area contributed by atoms with Crippen molar-refractivity contribution in [3.63, 3.8) is 0 Å². The molecule has 2 amide bonds. The Morgan fingerprint density at radius 2 is 2.18 bits per heavy atom. The average molecular weight is 295 g/mol. The predicted molar refractivity (Wildman–Crippen MR) is 89.9 cm³/mol. The molecule has 1 aliphatic carbocycles. The van der Waals surface area contributed by atoms with Crippen LogP contribution in [0.5, 0.6) is 0 Å². The molecule has 0 bridgehead atoms. The van der Waals surface area contributed by atoms with Gasteiger partial charge in [0.15, 0.2) is 0 Å². The highest BCUT2D eigenvalue weighted by Crippen LogP contribution is 2.22. The predicted octanol–water partition coefficient (Wildman–Crippen LogP) is 4.25. The SMILES string of the molecule is O=C(NCCC1=CCCCC1)Nc1cccc2cnccc12. The smallest absolute Gasteiger partial charge is 0.319 e. The molecule has 0 spiro atoms. The van der Waals surface area contributed by atoms with Crippen molar-refractivity contribution < 1.29 is 4.79 Å². The van der Waals surface area contributed by atoms with Crippen molar-refractivity contribution in [2.45, 2.75) is 32.1 Å². The number of carbonyl (C=O) groups is 1. The third-order valence-electron chi connectivity index (χ3n) is 4.05. The average Bonchev–Trinajstić information content (AvgIpc) is 2.56. The fourth-order valence-electron chi connectivity index (χ4n) is 2.87. The maximum atomic E-state index is 12.0. The van der Waals surface area contributed by atoms with E-state index in [9.17, 15) is 4.79 Å². The number of nitrogens with one attached hydrogen (secondary N) is 2. The molecule has 1 aromatic heterocycles. The van der Waals surface area contributed by atoms with E-state index >= 15 is 0 Å². The van der Waals surface area contributed by atoms with Gasteiger partial charge in [-0.25, -0.2) is 4.79 Å². The highest BCUT2D eigenvalue weighted by molar-refractivity contribution is 6.01. The molecular formula is C18H21N3O. The van der Waals surface area contributed by atoms with E-state index in [4.69, 9.17) is 0 Å². The second-order valence-corrected chi connectivity index (χ2v) is 5.64. The van der Waals surface area contributed by atoms with Crippen molar-refractivity contribution in [2.24, 2.45) is 0 Å². The van der Waals surface area contributed by atoms with Crippen molar-refractivity contribution in [3.05, 3.63) is 48.3 Å². The molecule has 0 fully saturated rings. The number of amides is 2. The molecule has 0 atom stereocenters. The van der Waals surface area contributed by atoms with E-state index in [0.717, 1.165) is 22.9 Å². The van der Waals surface area contributed by atoms with E-state index in [1.54, 1.807) is 12.4 Å². The minimum atomic E-state index is -0.152. The summed E-state index contributed by atoms with van der Waals surface area (Å²) in [6.45, 7) is 0.685. The minimum absolute atomic E-state index is 0.152. The highest BCUT2D eigenvalue weighted by atomic mass is 16.2. The largest absolute Gasteiger partial charge is 0.338 e. The van der Waals surface area contributed by atoms with Crippen molar-refractivity contribution >= 4 is 22.5 Å². The number of benzene rings is 1. The van der Waals surface area contributed by atoms with E-state index < -0.39 is 0 Å². The van der Waals surface area contributed by atoms with Gasteiger partial charge in [0.25, 0.3) is 0 Å². The van der Waals surface area contributed by atoms with Gasteiger partial charge in [-0.05, 0) is 44.2 Å². The summed E-state index contributed by atoms with van der Waals surface area (Å²) in [4.78, 5) is 16.1. The van der Waals surface area contributed by atoms with Crippen LogP contribution < -0.4 is 10.6 Å². The van der Waals surface area contributed by atoms with E-state index in [-0.39, 0.29) is 6.03 Å². The second-order valence-electron chi connectivity index (χ2n) is 5.64. The van der Waals surface area contributed by atoms with Gasteiger partial charge in [-0.3, -0.25) is 4.98 Å². The van der Waals surface area contributed by atoms with E-state index in [2.05, 4.69) is 21.7 Å². The van der Waals surface area contributed by atoms with Gasteiger partial charge in [0.2, 0.25) is 0 Å². The molecule has 4 heteroatoms. The lowest BCUT2D eigenvalue weighted by Gasteiger charge is -2.13. The summed E-state index contributed by atoms with van der Waals surface area (Å²) in [5.41, 5.74) is 2.29. The Labute approximate surface area is 130 Å². The zero-order valence-electron chi connectivity index (χ0n) is 12.6. The van der Waals surface area contributed by atoms with Crippen LogP contribution >= 0.6 is 0 Å². The Balaban J connectivity index is 1.55. The van der Waals surface area contributed by atoms with E-state index in [1.807, 2.05) is 24.3 Å². The third-order valence-corrected chi connectivity index (χ3v) is 4.05. The summed E-state index contributed by atoms with van der Waals surface area (Å²) in [5, 5.41) is 7.89. The molecule has 0 radical (unpaired) electrons. The number of pyridine rings is 1. The van der Waals surface area contributed by atoms with Crippen LogP contribution in [0.1, 0.15) is 32.1 Å². The van der Waals surface area contributed by atoms with Gasteiger partial charge in [-0.1, -0.05) is 23.8 Å². The van der Waals surface area contributed by atoms with Crippen LogP contribution in [0.15, 0.2) is 48.3 Å². The number of rotatable bonds is 4. The molecule has 0 aliphatic heterocycles. The summed E-state index contributed by atoms with van der Waals surface area (Å²) < 4.78 is 0. The van der Waals surface area contributed by atoms with Crippen LogP contribution in [-0.2, 0) is 0 Å². The maximum Gasteiger partial charge on any atom is 0.319 e. The first-order valence-electron chi connectivity index (χ1n) is 7.88. The molecule has 1 aromatic carbocycles. The normalized spacial score (nSPS) is 14.5. The molecule has 22 heavy (non-hydrogen) atoms. The van der Waals surface area contributed by atoms with E-state index in [1.165, 1.54) is 31.3 Å². The molecule has 0 saturated heterocycles. The molecule has 2 N–H and O–H groups in total. The number of aromatic nitrogens is 1. The molecular weight excluding hydrogens is 274 g/mol. The van der Waals surface area contributed by atoms with Crippen molar-refractivity contribution in [3.8, 4) is 0 Å². The zero-order chi connectivity index (χ0) is 15.2. The van der Waals surface area contributed by atoms with Crippen molar-refractivity contribution in [2.75, 3.05) is 11.9 Å². The lowest BCUT2D eigenvalue weighted by molar-refractivity contribution is 0.252. The Kier molecular flexibility index (Phi) is 4.68. The van der Waals surface area contributed by atoms with Crippen LogP contribution in [0.4, 0.5) is 10.5 Å². The van der Waals surface area contributed by atoms with Gasteiger partial charge < -0.3 is 10.6 Å². The standard InChI is InChI=1S/C18H21N3O/c22-18(20-12-9-14-5-2-1-3-6-14)21-17-8-4-7-15-13-19-11-10-16(15)17/h4-5,7-8,10-11,13H,1-3,6,9,12H2,(H2,20,21,22). The van der Waals surface area contributed by atoms with Crippen molar-refractivity contribution in [1.82, 2.24) is 10.3 Å². The summed E-state index contributed by atoms with van der Waals surface area (Å²) in [6, 6.07) is 7.58. The highest BCUT2D eigenvalue weighted by Gasteiger charge is 2.07. The first kappa shape index (κ1) is 14.6. The zero-order valence-corrected chi connectivity index (χ0v) is 12.6. The summed E-state index contributed by atoms with van der Waals surface area (Å²) in [5.74, 6) is 0. The lowest BCUT2D eigenvalue weighted by atomic mass is 9.97. The number of hydrogen-bond donors (Lipinski definition) is 2. The van der Waals surface area contributed by atoms with Crippen LogP contribution in [0, 0.1) is 0 Å². The molecule has 3 rings (SSSR count). The number of hydrogen-bond acceptors (Lipinski definition) is 2. The summed E-state index contributed by atoms with van der Waals surface area (Å²) in [6.07, 6.45) is 11.8. The van der Waals surface area contributed by atoms with Crippen LogP contribution in [0.25, 0.3) is 10.8 Å². The topological polar surface area (TPSA) is 54.0 Å². The van der Waals surface area contributed by atoms with Gasteiger partial charge in [0, 0.05) is 29.7 Å². The quantitative estimate of drug-likeness (QED) is 0.829. The molecule has 0 unspecified atom stereocenters. The molecule has 4 nitrogen and oxygen atoms in total. The van der Waals surface area contributed by atoms with Crippen molar-refractivity contribution in [1.29, 1.82) is 0 Å². The number of allylic oxidation sites excluding steroid dienone is 1. The van der Waals surface area contributed by atoms with Gasteiger partial charge in [-0.15, -0.1) is 0 Å². The number of nitrogens with zero attached hydrogens (tertiary/aromatic N) is 1. The Hall–Kier alpha value is -2.36. The van der Waals surface area contributed by atoms with Crippen LogP contribution in [-0.4, -0.2) is 17.6 Å². The van der Waals surface area contributed by atoms with Crippen LogP contribution in [0.2, 0.25) is 0 Å². The minimum Gasteiger partial charge on any atom is -0.338 e. The molecule has 1 heterocycles. The number of anilines is 1. The second kappa shape index (κ2) is 7.07. The monoisotopic (exact) mass is 295 g/mol. The third kappa shape index (κ3) is 3.64. The molecule has 2 aromatic rings. The van der Waals surface area contributed by atoms with Gasteiger partial charge in [-0.2, -0.15) is 0 Å².